The first kappa shape index (κ1) is 13.9. The van der Waals surface area contributed by atoms with Crippen LogP contribution in [0.25, 0.3) is 0 Å². The first-order valence-corrected chi connectivity index (χ1v) is 8.43. The highest BCUT2D eigenvalue weighted by Gasteiger charge is 2.21. The van der Waals surface area contributed by atoms with E-state index in [1.54, 1.807) is 6.92 Å². The van der Waals surface area contributed by atoms with Gasteiger partial charge in [-0.2, -0.15) is 0 Å². The summed E-state index contributed by atoms with van der Waals surface area (Å²) in [6.45, 7) is 6.11. The van der Waals surface area contributed by atoms with E-state index in [1.165, 1.54) is 11.3 Å². The van der Waals surface area contributed by atoms with Gasteiger partial charge in [0.1, 0.15) is 0 Å². The topological polar surface area (TPSA) is 71.1 Å². The molecule has 1 aromatic rings. The normalized spacial score (nSPS) is 20.4. The average molecular weight is 289 g/mol. The summed E-state index contributed by atoms with van der Waals surface area (Å²) in [6, 6.07) is 0. The van der Waals surface area contributed by atoms with E-state index < -0.39 is 10.0 Å². The Morgan fingerprint density at radius 1 is 1.50 bits per heavy atom. The first-order valence-electron chi connectivity index (χ1n) is 6.13. The Labute approximate surface area is 112 Å². The van der Waals surface area contributed by atoms with Gasteiger partial charge in [0.05, 0.1) is 10.7 Å². The number of hydrogen-bond acceptors (Lipinski definition) is 5. The zero-order valence-electron chi connectivity index (χ0n) is 10.7. The Balaban J connectivity index is 1.93. The van der Waals surface area contributed by atoms with Gasteiger partial charge in [-0.15, -0.1) is 11.3 Å². The molecule has 0 radical (unpaired) electrons. The lowest BCUT2D eigenvalue weighted by atomic mass is 10.1. The molecule has 1 atom stereocenters. The van der Waals surface area contributed by atoms with Gasteiger partial charge in [0.25, 0.3) is 10.0 Å². The minimum Gasteiger partial charge on any atom is -0.316 e. The van der Waals surface area contributed by atoms with Crippen molar-refractivity contribution in [2.24, 2.45) is 5.92 Å². The SMILES string of the molecule is Cc1nc(C)c(S(=O)(=O)NCCC2CCNC2)s1. The monoisotopic (exact) mass is 289 g/mol. The molecule has 0 bridgehead atoms. The molecule has 1 aliphatic rings. The smallest absolute Gasteiger partial charge is 0.251 e. The van der Waals surface area contributed by atoms with E-state index in [9.17, 15) is 8.42 Å². The molecule has 18 heavy (non-hydrogen) atoms. The lowest BCUT2D eigenvalue weighted by molar-refractivity contribution is 0.519. The van der Waals surface area contributed by atoms with Gasteiger partial charge in [-0.25, -0.2) is 18.1 Å². The Morgan fingerprint density at radius 2 is 2.28 bits per heavy atom. The Morgan fingerprint density at radius 3 is 2.83 bits per heavy atom. The van der Waals surface area contributed by atoms with Crippen LogP contribution < -0.4 is 10.0 Å². The molecule has 102 valence electrons. The Kier molecular flexibility index (Phi) is 4.37. The maximum absolute atomic E-state index is 12.1. The molecule has 2 heterocycles. The van der Waals surface area contributed by atoms with Crippen LogP contribution in [0.15, 0.2) is 4.21 Å². The second-order valence-corrected chi connectivity index (χ2v) is 7.82. The number of aromatic nitrogens is 1. The fourth-order valence-electron chi connectivity index (χ4n) is 2.19. The van der Waals surface area contributed by atoms with Gasteiger partial charge in [-0.05, 0) is 45.7 Å². The summed E-state index contributed by atoms with van der Waals surface area (Å²) in [5.74, 6) is 0.594. The van der Waals surface area contributed by atoms with E-state index in [4.69, 9.17) is 0 Å². The molecule has 5 nitrogen and oxygen atoms in total. The van der Waals surface area contributed by atoms with Crippen LogP contribution in [0.1, 0.15) is 23.5 Å². The van der Waals surface area contributed by atoms with Crippen molar-refractivity contribution in [1.29, 1.82) is 0 Å². The zero-order valence-corrected chi connectivity index (χ0v) is 12.3. The largest absolute Gasteiger partial charge is 0.316 e. The molecule has 1 saturated heterocycles. The molecule has 0 aromatic carbocycles. The predicted molar refractivity (Wildman–Crippen MR) is 72.4 cm³/mol. The van der Waals surface area contributed by atoms with Crippen LogP contribution in [0.4, 0.5) is 0 Å². The van der Waals surface area contributed by atoms with Crippen molar-refractivity contribution in [3.8, 4) is 0 Å². The van der Waals surface area contributed by atoms with Gasteiger partial charge >= 0.3 is 0 Å². The second kappa shape index (κ2) is 5.64. The summed E-state index contributed by atoms with van der Waals surface area (Å²) in [7, 11) is -3.38. The summed E-state index contributed by atoms with van der Waals surface area (Å²) in [5, 5.41) is 4.06. The molecule has 0 aliphatic carbocycles. The third-order valence-electron chi connectivity index (χ3n) is 3.11. The molecule has 1 unspecified atom stereocenters. The highest BCUT2D eigenvalue weighted by molar-refractivity contribution is 7.91. The van der Waals surface area contributed by atoms with E-state index in [2.05, 4.69) is 15.0 Å². The van der Waals surface area contributed by atoms with E-state index >= 15 is 0 Å². The minimum atomic E-state index is -3.38. The maximum Gasteiger partial charge on any atom is 0.251 e. The van der Waals surface area contributed by atoms with E-state index in [1.807, 2.05) is 6.92 Å². The van der Waals surface area contributed by atoms with Crippen LogP contribution in [0.3, 0.4) is 0 Å². The summed E-state index contributed by atoms with van der Waals surface area (Å²) >= 11 is 1.23. The molecule has 2 rings (SSSR count). The Bertz CT molecular complexity index is 504. The molecular formula is C11H19N3O2S2. The lowest BCUT2D eigenvalue weighted by Crippen LogP contribution is -2.26. The molecule has 2 N–H and O–H groups in total. The van der Waals surface area contributed by atoms with Crippen molar-refractivity contribution >= 4 is 21.4 Å². The molecule has 1 aromatic heterocycles. The van der Waals surface area contributed by atoms with E-state index in [0.717, 1.165) is 30.9 Å². The predicted octanol–water partition coefficient (Wildman–Crippen LogP) is 1.04. The molecule has 1 fully saturated rings. The molecule has 0 saturated carbocycles. The van der Waals surface area contributed by atoms with Crippen molar-refractivity contribution < 1.29 is 8.42 Å². The first-order chi connectivity index (χ1) is 8.49. The van der Waals surface area contributed by atoms with Crippen LogP contribution >= 0.6 is 11.3 Å². The van der Waals surface area contributed by atoms with E-state index in [0.29, 0.717) is 22.4 Å². The molecule has 7 heteroatoms. The fourth-order valence-corrected chi connectivity index (χ4v) is 4.76. The zero-order chi connectivity index (χ0) is 13.2. The number of nitrogens with zero attached hydrogens (tertiary/aromatic N) is 1. The van der Waals surface area contributed by atoms with Gasteiger partial charge in [-0.3, -0.25) is 0 Å². The van der Waals surface area contributed by atoms with Crippen LogP contribution in [0.5, 0.6) is 0 Å². The molecule has 0 spiro atoms. The third-order valence-corrected chi connectivity index (χ3v) is 6.26. The quantitative estimate of drug-likeness (QED) is 0.849. The lowest BCUT2D eigenvalue weighted by Gasteiger charge is -2.09. The van der Waals surface area contributed by atoms with Crippen molar-refractivity contribution in [1.82, 2.24) is 15.0 Å². The van der Waals surface area contributed by atoms with Gasteiger partial charge in [0.15, 0.2) is 4.21 Å². The van der Waals surface area contributed by atoms with E-state index in [-0.39, 0.29) is 0 Å². The second-order valence-electron chi connectivity index (χ2n) is 4.65. The average Bonchev–Trinajstić information content (AvgIpc) is 2.88. The molecule has 0 amide bonds. The Hall–Kier alpha value is -0.500. The van der Waals surface area contributed by atoms with Crippen LogP contribution in [0, 0.1) is 19.8 Å². The van der Waals surface area contributed by atoms with Gasteiger partial charge in [-0.1, -0.05) is 0 Å². The number of hydrogen-bond donors (Lipinski definition) is 2. The number of rotatable bonds is 5. The third kappa shape index (κ3) is 3.28. The van der Waals surface area contributed by atoms with Crippen LogP contribution in [-0.4, -0.2) is 33.0 Å². The van der Waals surface area contributed by atoms with Crippen LogP contribution in [-0.2, 0) is 10.0 Å². The van der Waals surface area contributed by atoms with Crippen molar-refractivity contribution in [2.75, 3.05) is 19.6 Å². The fraction of sp³-hybridized carbons (Fsp3) is 0.727. The molecule has 1 aliphatic heterocycles. The van der Waals surface area contributed by atoms with Gasteiger partial charge in [0, 0.05) is 6.54 Å². The summed E-state index contributed by atoms with van der Waals surface area (Å²) in [4.78, 5) is 4.15. The molecular weight excluding hydrogens is 270 g/mol. The number of thiazole rings is 1. The van der Waals surface area contributed by atoms with Gasteiger partial charge in [0.2, 0.25) is 0 Å². The highest BCUT2D eigenvalue weighted by Crippen LogP contribution is 2.22. The number of aryl methyl sites for hydroxylation is 2. The van der Waals surface area contributed by atoms with Gasteiger partial charge < -0.3 is 5.32 Å². The maximum atomic E-state index is 12.1. The van der Waals surface area contributed by atoms with Crippen LogP contribution in [0.2, 0.25) is 0 Å². The van der Waals surface area contributed by atoms with Crippen molar-refractivity contribution in [2.45, 2.75) is 30.9 Å². The highest BCUT2D eigenvalue weighted by atomic mass is 32.2. The summed E-state index contributed by atoms with van der Waals surface area (Å²) < 4.78 is 27.2. The number of nitrogens with one attached hydrogen (secondary N) is 2. The summed E-state index contributed by atoms with van der Waals surface area (Å²) in [6.07, 6.45) is 2.03. The van der Waals surface area contributed by atoms with Crippen molar-refractivity contribution in [3.63, 3.8) is 0 Å². The summed E-state index contributed by atoms with van der Waals surface area (Å²) in [5.41, 5.74) is 0.590. The minimum absolute atomic E-state index is 0.351. The standard InChI is InChI=1S/C11H19N3O2S2/c1-8-11(17-9(2)14-8)18(15,16)13-6-4-10-3-5-12-7-10/h10,12-13H,3-7H2,1-2H3. The number of sulfonamides is 1. The van der Waals surface area contributed by atoms with Crippen molar-refractivity contribution in [3.05, 3.63) is 10.7 Å².